The van der Waals surface area contributed by atoms with Gasteiger partial charge in [-0.2, -0.15) is 5.10 Å². The molecule has 0 aromatic carbocycles. The number of hydrogen-bond acceptors (Lipinski definition) is 1. The minimum Gasteiger partial charge on any atom is -0.269 e. The van der Waals surface area contributed by atoms with Crippen LogP contribution in [-0.2, 0) is 13.0 Å². The lowest BCUT2D eigenvalue weighted by Crippen LogP contribution is -2.13. The molecule has 0 saturated carbocycles. The highest BCUT2D eigenvalue weighted by Gasteiger charge is 2.31. The highest BCUT2D eigenvalue weighted by Crippen LogP contribution is 2.34. The third-order valence-electron chi connectivity index (χ3n) is 2.83. The molecule has 0 atom stereocenters. The van der Waals surface area contributed by atoms with E-state index < -0.39 is 0 Å². The van der Waals surface area contributed by atoms with Crippen LogP contribution in [0.2, 0.25) is 0 Å². The number of nitrogens with zero attached hydrogens (tertiary/aromatic N) is 2. The first kappa shape index (κ1) is 8.79. The summed E-state index contributed by atoms with van der Waals surface area (Å²) in [5.41, 5.74) is 3.30. The molecular formula is C11H18N2. The van der Waals surface area contributed by atoms with Gasteiger partial charge >= 0.3 is 0 Å². The van der Waals surface area contributed by atoms with Crippen molar-refractivity contribution in [1.82, 2.24) is 9.78 Å². The molecule has 13 heavy (non-hydrogen) atoms. The summed E-state index contributed by atoms with van der Waals surface area (Å²) in [5.74, 6) is 0.609. The largest absolute Gasteiger partial charge is 0.269 e. The quantitative estimate of drug-likeness (QED) is 0.646. The van der Waals surface area contributed by atoms with Crippen molar-refractivity contribution in [1.29, 1.82) is 0 Å². The lowest BCUT2D eigenvalue weighted by molar-refractivity contribution is 0.346. The van der Waals surface area contributed by atoms with Crippen LogP contribution in [-0.4, -0.2) is 9.78 Å². The van der Waals surface area contributed by atoms with Crippen molar-refractivity contribution < 1.29 is 0 Å². The summed E-state index contributed by atoms with van der Waals surface area (Å²) in [6, 6.07) is 0. The zero-order chi connectivity index (χ0) is 9.64. The highest BCUT2D eigenvalue weighted by molar-refractivity contribution is 5.25. The van der Waals surface area contributed by atoms with Crippen molar-refractivity contribution in [3.8, 4) is 0 Å². The van der Waals surface area contributed by atoms with E-state index >= 15 is 0 Å². The average molecular weight is 178 g/mol. The van der Waals surface area contributed by atoms with Crippen LogP contribution in [0, 0.1) is 5.41 Å². The first-order valence-corrected chi connectivity index (χ1v) is 5.04. The van der Waals surface area contributed by atoms with Gasteiger partial charge < -0.3 is 0 Å². The van der Waals surface area contributed by atoms with Gasteiger partial charge in [-0.05, 0) is 23.3 Å². The second-order valence-corrected chi connectivity index (χ2v) is 5.20. The Balaban J connectivity index is 2.38. The van der Waals surface area contributed by atoms with E-state index in [1.165, 1.54) is 17.7 Å². The van der Waals surface area contributed by atoms with Crippen LogP contribution in [0.3, 0.4) is 0 Å². The maximum atomic E-state index is 4.43. The standard InChI is InChI=1S/C11H18N2/c1-8(2)9-6-12-13-7-11(3,4)5-10(9)13/h6,8H,5,7H2,1-4H3. The minimum atomic E-state index is 0.410. The number of aromatic nitrogens is 2. The monoisotopic (exact) mass is 178 g/mol. The smallest absolute Gasteiger partial charge is 0.0527 e. The Bertz CT molecular complexity index is 321. The molecule has 2 rings (SSSR count). The molecule has 0 saturated heterocycles. The Morgan fingerprint density at radius 1 is 1.46 bits per heavy atom. The van der Waals surface area contributed by atoms with Crippen LogP contribution < -0.4 is 0 Å². The molecule has 2 heteroatoms. The molecule has 72 valence electrons. The van der Waals surface area contributed by atoms with Crippen LogP contribution in [0.1, 0.15) is 44.9 Å². The van der Waals surface area contributed by atoms with Gasteiger partial charge in [0.2, 0.25) is 0 Å². The zero-order valence-electron chi connectivity index (χ0n) is 8.96. The summed E-state index contributed by atoms with van der Waals surface area (Å²) in [6.07, 6.45) is 3.22. The molecule has 1 aliphatic rings. The van der Waals surface area contributed by atoms with Crippen LogP contribution in [0.25, 0.3) is 0 Å². The molecule has 1 aromatic rings. The van der Waals surface area contributed by atoms with E-state index in [1.54, 1.807) is 0 Å². The summed E-state index contributed by atoms with van der Waals surface area (Å²) < 4.78 is 2.18. The number of hydrogen-bond donors (Lipinski definition) is 0. The van der Waals surface area contributed by atoms with Crippen molar-refractivity contribution in [2.45, 2.75) is 46.6 Å². The molecule has 2 nitrogen and oxygen atoms in total. The van der Waals surface area contributed by atoms with Gasteiger partial charge in [0.05, 0.1) is 6.20 Å². The van der Waals surface area contributed by atoms with Gasteiger partial charge in [-0.15, -0.1) is 0 Å². The Hall–Kier alpha value is -0.790. The van der Waals surface area contributed by atoms with Gasteiger partial charge in [0.1, 0.15) is 0 Å². The summed E-state index contributed by atoms with van der Waals surface area (Å²) in [5, 5.41) is 4.43. The number of fused-ring (bicyclic) bond motifs is 1. The van der Waals surface area contributed by atoms with Crippen molar-refractivity contribution in [3.63, 3.8) is 0 Å². The van der Waals surface area contributed by atoms with E-state index in [2.05, 4.69) is 37.5 Å². The average Bonchev–Trinajstić information content (AvgIpc) is 2.41. The van der Waals surface area contributed by atoms with E-state index in [0.717, 1.165) is 6.54 Å². The van der Waals surface area contributed by atoms with Crippen LogP contribution in [0.5, 0.6) is 0 Å². The summed E-state index contributed by atoms with van der Waals surface area (Å²) in [7, 11) is 0. The van der Waals surface area contributed by atoms with E-state index in [0.29, 0.717) is 11.3 Å². The van der Waals surface area contributed by atoms with E-state index in [-0.39, 0.29) is 0 Å². The lowest BCUT2D eigenvalue weighted by Gasteiger charge is -2.14. The molecule has 0 amide bonds. The van der Waals surface area contributed by atoms with Gasteiger partial charge in [-0.1, -0.05) is 27.7 Å². The van der Waals surface area contributed by atoms with Crippen LogP contribution in [0.15, 0.2) is 6.20 Å². The zero-order valence-corrected chi connectivity index (χ0v) is 8.96. The molecular weight excluding hydrogens is 160 g/mol. The Labute approximate surface area is 80.0 Å². The molecule has 2 heterocycles. The van der Waals surface area contributed by atoms with Crippen molar-refractivity contribution in [3.05, 3.63) is 17.5 Å². The summed E-state index contributed by atoms with van der Waals surface area (Å²) in [6.45, 7) is 10.2. The minimum absolute atomic E-state index is 0.410. The van der Waals surface area contributed by atoms with Gasteiger partial charge in [-0.3, -0.25) is 4.68 Å². The fourth-order valence-corrected chi connectivity index (χ4v) is 2.15. The normalized spacial score (nSPS) is 19.5. The Morgan fingerprint density at radius 2 is 2.15 bits per heavy atom. The molecule has 0 fully saturated rings. The molecule has 0 bridgehead atoms. The molecule has 1 aliphatic heterocycles. The SMILES string of the molecule is CC(C)c1cnn2c1CC(C)(C)C2. The molecule has 1 aromatic heterocycles. The van der Waals surface area contributed by atoms with Crippen LogP contribution in [0.4, 0.5) is 0 Å². The Kier molecular flexibility index (Phi) is 1.76. The fraction of sp³-hybridized carbons (Fsp3) is 0.727. The highest BCUT2D eigenvalue weighted by atomic mass is 15.3. The first-order chi connectivity index (χ1) is 5.99. The molecule has 0 spiro atoms. The van der Waals surface area contributed by atoms with Gasteiger partial charge in [-0.25, -0.2) is 0 Å². The first-order valence-electron chi connectivity index (χ1n) is 5.04. The summed E-state index contributed by atoms with van der Waals surface area (Å²) >= 11 is 0. The van der Waals surface area contributed by atoms with E-state index in [9.17, 15) is 0 Å². The molecule has 0 radical (unpaired) electrons. The lowest BCUT2D eigenvalue weighted by atomic mass is 9.89. The second-order valence-electron chi connectivity index (χ2n) is 5.20. The maximum absolute atomic E-state index is 4.43. The molecule has 0 unspecified atom stereocenters. The predicted molar refractivity (Wildman–Crippen MR) is 53.8 cm³/mol. The maximum Gasteiger partial charge on any atom is 0.0527 e. The van der Waals surface area contributed by atoms with Gasteiger partial charge in [0, 0.05) is 12.2 Å². The third-order valence-corrected chi connectivity index (χ3v) is 2.83. The molecule has 0 aliphatic carbocycles. The summed E-state index contributed by atoms with van der Waals surface area (Å²) in [4.78, 5) is 0. The predicted octanol–water partition coefficient (Wildman–Crippen LogP) is 2.59. The van der Waals surface area contributed by atoms with E-state index in [1.807, 2.05) is 6.20 Å². The Morgan fingerprint density at radius 3 is 2.77 bits per heavy atom. The topological polar surface area (TPSA) is 17.8 Å². The fourth-order valence-electron chi connectivity index (χ4n) is 2.15. The van der Waals surface area contributed by atoms with Gasteiger partial charge in [0.15, 0.2) is 0 Å². The molecule has 0 N–H and O–H groups in total. The van der Waals surface area contributed by atoms with Gasteiger partial charge in [0.25, 0.3) is 0 Å². The van der Waals surface area contributed by atoms with E-state index in [4.69, 9.17) is 0 Å². The van der Waals surface area contributed by atoms with Crippen molar-refractivity contribution in [2.75, 3.05) is 0 Å². The second kappa shape index (κ2) is 2.60. The van der Waals surface area contributed by atoms with Crippen LogP contribution >= 0.6 is 0 Å². The van der Waals surface area contributed by atoms with Crippen molar-refractivity contribution in [2.24, 2.45) is 5.41 Å². The third kappa shape index (κ3) is 1.38. The van der Waals surface area contributed by atoms with Crippen molar-refractivity contribution >= 4 is 0 Å². The number of rotatable bonds is 1.